The van der Waals surface area contributed by atoms with Crippen LogP contribution in [0.25, 0.3) is 11.6 Å². The quantitative estimate of drug-likeness (QED) is 0.615. The van der Waals surface area contributed by atoms with Gasteiger partial charge in [-0.1, -0.05) is 6.07 Å². The molecule has 2 saturated heterocycles. The summed E-state index contributed by atoms with van der Waals surface area (Å²) in [5.74, 6) is 1.20. The minimum atomic E-state index is -0.0459. The summed E-state index contributed by atoms with van der Waals surface area (Å²) >= 11 is 0. The van der Waals surface area contributed by atoms with Gasteiger partial charge in [0.25, 0.3) is 0 Å². The molecule has 0 atom stereocenters. The Kier molecular flexibility index (Phi) is 6.69. The molecule has 2 aliphatic carbocycles. The Bertz CT molecular complexity index is 940. The van der Waals surface area contributed by atoms with Gasteiger partial charge in [0, 0.05) is 44.8 Å². The average Bonchev–Trinajstić information content (AvgIpc) is 3.21. The number of hydrogen-bond acceptors (Lipinski definition) is 7. The van der Waals surface area contributed by atoms with Gasteiger partial charge in [-0.25, -0.2) is 0 Å². The van der Waals surface area contributed by atoms with Crippen LogP contribution in [-0.4, -0.2) is 94.5 Å². The Hall–Kier alpha value is -2.45. The number of carbonyl (C=O) groups is 1. The van der Waals surface area contributed by atoms with E-state index < -0.39 is 0 Å². The Morgan fingerprint density at radius 2 is 1.47 bits per heavy atom. The van der Waals surface area contributed by atoms with Gasteiger partial charge in [-0.15, -0.1) is 0 Å². The standard InChI is InChI=1S/C25H30N2O5/c28-25-23-18-19-17-20(31-15-9-26-5-11-29-12-6-26)1-2-21(19)22(23)3-4-24(25)32-16-10-27-7-13-30-14-8-27/h1-4,17-18H,5-16H2. The molecular formula is C25H30N2O5. The van der Waals surface area contributed by atoms with Crippen LogP contribution in [0.2, 0.25) is 0 Å². The van der Waals surface area contributed by atoms with Crippen LogP contribution in [0.15, 0.2) is 41.7 Å². The van der Waals surface area contributed by atoms with Crippen LogP contribution < -0.4 is 4.74 Å². The summed E-state index contributed by atoms with van der Waals surface area (Å²) < 4.78 is 22.6. The molecule has 2 aliphatic heterocycles. The summed E-state index contributed by atoms with van der Waals surface area (Å²) in [7, 11) is 0. The first-order valence-electron chi connectivity index (χ1n) is 11.5. The molecule has 0 saturated carbocycles. The summed E-state index contributed by atoms with van der Waals surface area (Å²) in [6.07, 6.45) is 5.74. The number of ether oxygens (including phenoxy) is 4. The molecule has 5 rings (SSSR count). The topological polar surface area (TPSA) is 60.5 Å². The molecule has 0 N–H and O–H groups in total. The van der Waals surface area contributed by atoms with Gasteiger partial charge >= 0.3 is 0 Å². The highest BCUT2D eigenvalue weighted by Gasteiger charge is 2.30. The molecule has 0 aromatic heterocycles. The zero-order valence-corrected chi connectivity index (χ0v) is 18.4. The van der Waals surface area contributed by atoms with Crippen LogP contribution in [0.3, 0.4) is 0 Å². The van der Waals surface area contributed by atoms with E-state index in [1.807, 2.05) is 30.4 Å². The van der Waals surface area contributed by atoms with Crippen molar-refractivity contribution < 1.29 is 23.7 Å². The third-order valence-electron chi connectivity index (χ3n) is 6.32. The van der Waals surface area contributed by atoms with Crippen molar-refractivity contribution >= 4 is 17.4 Å². The van der Waals surface area contributed by atoms with Crippen LogP contribution in [0.5, 0.6) is 5.75 Å². The molecule has 1 aromatic rings. The molecule has 2 fully saturated rings. The molecule has 0 amide bonds. The number of nitrogens with zero attached hydrogens (tertiary/aromatic N) is 2. The zero-order valence-electron chi connectivity index (χ0n) is 18.4. The number of allylic oxidation sites excluding steroid dienone is 4. The van der Waals surface area contributed by atoms with E-state index in [4.69, 9.17) is 18.9 Å². The largest absolute Gasteiger partial charge is 0.492 e. The number of Topliss-reactive ketones (excluding diaryl/α,β-unsaturated/α-hetero) is 1. The number of fused-ring (bicyclic) bond motifs is 3. The van der Waals surface area contributed by atoms with Gasteiger partial charge < -0.3 is 18.9 Å². The lowest BCUT2D eigenvalue weighted by molar-refractivity contribution is -0.115. The van der Waals surface area contributed by atoms with Crippen molar-refractivity contribution in [1.29, 1.82) is 0 Å². The van der Waals surface area contributed by atoms with E-state index in [1.165, 1.54) is 0 Å². The molecule has 0 bridgehead atoms. The normalized spacial score (nSPS) is 21.4. The fraction of sp³-hybridized carbons (Fsp3) is 0.480. The maximum atomic E-state index is 13.0. The summed E-state index contributed by atoms with van der Waals surface area (Å²) in [5.41, 5.74) is 3.75. The predicted octanol–water partition coefficient (Wildman–Crippen LogP) is 1.99. The first kappa shape index (κ1) is 21.4. The lowest BCUT2D eigenvalue weighted by Crippen LogP contribution is -2.38. The van der Waals surface area contributed by atoms with Crippen LogP contribution in [0, 0.1) is 0 Å². The number of rotatable bonds is 8. The molecule has 1 aromatic carbocycles. The van der Waals surface area contributed by atoms with Gasteiger partial charge in [-0.2, -0.15) is 0 Å². The average molecular weight is 439 g/mol. The van der Waals surface area contributed by atoms with Crippen molar-refractivity contribution in [3.63, 3.8) is 0 Å². The molecule has 0 unspecified atom stereocenters. The smallest absolute Gasteiger partial charge is 0.228 e. The molecule has 4 aliphatic rings. The Labute approximate surface area is 188 Å². The van der Waals surface area contributed by atoms with Crippen LogP contribution in [0.1, 0.15) is 11.1 Å². The van der Waals surface area contributed by atoms with Gasteiger partial charge in [0.15, 0.2) is 5.76 Å². The van der Waals surface area contributed by atoms with Crippen molar-refractivity contribution in [2.45, 2.75) is 0 Å². The summed E-state index contributed by atoms with van der Waals surface area (Å²) in [6.45, 7) is 9.69. The molecule has 2 heterocycles. The van der Waals surface area contributed by atoms with Crippen molar-refractivity contribution in [2.24, 2.45) is 0 Å². The number of morpholine rings is 2. The first-order chi connectivity index (χ1) is 15.8. The lowest BCUT2D eigenvalue weighted by Gasteiger charge is -2.26. The highest BCUT2D eigenvalue weighted by Crippen LogP contribution is 2.40. The second kappa shape index (κ2) is 10.0. The lowest BCUT2D eigenvalue weighted by atomic mass is 9.95. The maximum absolute atomic E-state index is 13.0. The molecule has 170 valence electrons. The Balaban J connectivity index is 1.17. The van der Waals surface area contributed by atoms with E-state index >= 15 is 0 Å². The van der Waals surface area contributed by atoms with Gasteiger partial charge in [0.1, 0.15) is 19.0 Å². The highest BCUT2D eigenvalue weighted by atomic mass is 16.5. The maximum Gasteiger partial charge on any atom is 0.228 e. The monoisotopic (exact) mass is 438 g/mol. The number of benzene rings is 1. The second-order valence-corrected chi connectivity index (χ2v) is 8.35. The van der Waals surface area contributed by atoms with Crippen molar-refractivity contribution in [2.75, 3.05) is 78.9 Å². The predicted molar refractivity (Wildman–Crippen MR) is 121 cm³/mol. The summed E-state index contributed by atoms with van der Waals surface area (Å²) in [4.78, 5) is 17.7. The van der Waals surface area contributed by atoms with Gasteiger partial charge in [0.2, 0.25) is 5.78 Å². The minimum Gasteiger partial charge on any atom is -0.492 e. The molecule has 0 spiro atoms. The van der Waals surface area contributed by atoms with Crippen LogP contribution >= 0.6 is 0 Å². The molecule has 7 heteroatoms. The SMILES string of the molecule is O=C1C(OCCN2CCOCC2)=CC=C2C1=Cc1cc(OCCN3CCOCC3)ccc12. The van der Waals surface area contributed by atoms with E-state index in [0.717, 1.165) is 88.1 Å². The molecule has 0 radical (unpaired) electrons. The minimum absolute atomic E-state index is 0.0459. The summed E-state index contributed by atoms with van der Waals surface area (Å²) in [6, 6.07) is 6.05. The van der Waals surface area contributed by atoms with E-state index in [-0.39, 0.29) is 5.78 Å². The van der Waals surface area contributed by atoms with Gasteiger partial charge in [-0.3, -0.25) is 14.6 Å². The summed E-state index contributed by atoms with van der Waals surface area (Å²) in [5, 5.41) is 0. The Morgan fingerprint density at radius 3 is 2.16 bits per heavy atom. The van der Waals surface area contributed by atoms with E-state index in [2.05, 4.69) is 9.80 Å². The van der Waals surface area contributed by atoms with Crippen molar-refractivity contribution in [1.82, 2.24) is 9.80 Å². The van der Waals surface area contributed by atoms with E-state index in [9.17, 15) is 4.79 Å². The first-order valence-corrected chi connectivity index (χ1v) is 11.5. The zero-order chi connectivity index (χ0) is 21.8. The molecule has 7 nitrogen and oxygen atoms in total. The molecule has 32 heavy (non-hydrogen) atoms. The fourth-order valence-corrected chi connectivity index (χ4v) is 4.45. The van der Waals surface area contributed by atoms with Crippen LogP contribution in [0.4, 0.5) is 0 Å². The van der Waals surface area contributed by atoms with Crippen molar-refractivity contribution in [3.8, 4) is 5.75 Å². The van der Waals surface area contributed by atoms with Gasteiger partial charge in [-0.05, 0) is 47.1 Å². The van der Waals surface area contributed by atoms with E-state index in [0.29, 0.717) is 24.5 Å². The van der Waals surface area contributed by atoms with E-state index in [1.54, 1.807) is 6.08 Å². The second-order valence-electron chi connectivity index (χ2n) is 8.35. The number of ketones is 1. The van der Waals surface area contributed by atoms with Crippen LogP contribution in [-0.2, 0) is 19.0 Å². The van der Waals surface area contributed by atoms with Gasteiger partial charge in [0.05, 0.1) is 26.4 Å². The third kappa shape index (κ3) is 4.81. The third-order valence-corrected chi connectivity index (χ3v) is 6.32. The molecular weight excluding hydrogens is 408 g/mol. The Morgan fingerprint density at radius 1 is 0.812 bits per heavy atom. The fourth-order valence-electron chi connectivity index (χ4n) is 4.45. The number of hydrogen-bond donors (Lipinski definition) is 0. The van der Waals surface area contributed by atoms with Crippen molar-refractivity contribution in [3.05, 3.63) is 52.8 Å². The highest BCUT2D eigenvalue weighted by molar-refractivity contribution is 6.25. The number of carbonyl (C=O) groups excluding carboxylic acids is 1.